The Morgan fingerprint density at radius 1 is 0.960 bits per heavy atom. The van der Waals surface area contributed by atoms with Gasteiger partial charge in [0.15, 0.2) is 11.2 Å². The van der Waals surface area contributed by atoms with E-state index in [0.717, 1.165) is 40.2 Å². The average molecular weight is 360 g/mol. The maximum atomic E-state index is 12.7. The van der Waals surface area contributed by atoms with E-state index in [1.807, 2.05) is 6.92 Å². The maximum absolute atomic E-state index is 12.7. The second kappa shape index (κ2) is 9.50. The summed E-state index contributed by atoms with van der Waals surface area (Å²) in [6.07, 6.45) is 3.82. The average Bonchev–Trinajstić information content (AvgIpc) is 2.54. The molecule has 8 heteroatoms. The topological polar surface area (TPSA) is 138 Å². The van der Waals surface area contributed by atoms with Crippen LogP contribution in [0, 0.1) is 11.3 Å². The number of carbonyl (C=O) groups excluding carboxylic acids is 1. The van der Waals surface area contributed by atoms with Gasteiger partial charge >= 0.3 is 17.9 Å². The Kier molecular flexibility index (Phi) is 8.76. The van der Waals surface area contributed by atoms with Crippen molar-refractivity contribution in [1.82, 2.24) is 0 Å². The summed E-state index contributed by atoms with van der Waals surface area (Å²) < 4.78 is 4.93. The van der Waals surface area contributed by atoms with Crippen LogP contribution in [0.5, 0.6) is 0 Å². The number of ether oxygens (including phenoxy) is 1. The number of hydrogen-bond donors (Lipinski definition) is 3. The summed E-state index contributed by atoms with van der Waals surface area (Å²) in [5.74, 6) is -7.68. The maximum Gasteiger partial charge on any atom is 0.338 e. The first-order valence-electron chi connectivity index (χ1n) is 8.32. The van der Waals surface area contributed by atoms with Gasteiger partial charge in [0.1, 0.15) is 0 Å². The summed E-state index contributed by atoms with van der Waals surface area (Å²) in [6.45, 7) is 3.98. The zero-order valence-electron chi connectivity index (χ0n) is 15.2. The molecule has 0 aliphatic carbocycles. The number of ketones is 1. The van der Waals surface area contributed by atoms with Crippen molar-refractivity contribution < 1.29 is 39.2 Å². The Hall–Kier alpha value is -1.96. The lowest BCUT2D eigenvalue weighted by Crippen LogP contribution is -2.66. The lowest BCUT2D eigenvalue weighted by atomic mass is 9.63. The number of unbranched alkanes of at least 4 members (excludes halogenated alkanes) is 4. The summed E-state index contributed by atoms with van der Waals surface area (Å²) in [5, 5.41) is 28.5. The number of carboxylic acids is 3. The van der Waals surface area contributed by atoms with Crippen LogP contribution in [0.1, 0.15) is 59.3 Å². The summed E-state index contributed by atoms with van der Waals surface area (Å²) in [4.78, 5) is 47.8. The van der Waals surface area contributed by atoms with Crippen LogP contribution in [0.25, 0.3) is 0 Å². The van der Waals surface area contributed by atoms with Crippen molar-refractivity contribution in [2.75, 3.05) is 7.11 Å². The van der Waals surface area contributed by atoms with Gasteiger partial charge in [-0.2, -0.15) is 0 Å². The Morgan fingerprint density at radius 2 is 1.48 bits per heavy atom. The fourth-order valence-corrected chi connectivity index (χ4v) is 3.10. The monoisotopic (exact) mass is 360 g/mol. The molecule has 0 spiro atoms. The number of methoxy groups -OCH3 is 1. The van der Waals surface area contributed by atoms with Crippen molar-refractivity contribution in [3.05, 3.63) is 0 Å². The molecular weight excluding hydrogens is 332 g/mol. The van der Waals surface area contributed by atoms with Gasteiger partial charge in [0.2, 0.25) is 5.60 Å². The smallest absolute Gasteiger partial charge is 0.338 e. The molecule has 3 atom stereocenters. The second-order valence-electron chi connectivity index (χ2n) is 6.32. The molecule has 0 aromatic rings. The van der Waals surface area contributed by atoms with E-state index >= 15 is 0 Å². The van der Waals surface area contributed by atoms with Crippen molar-refractivity contribution in [3.63, 3.8) is 0 Å². The molecule has 3 unspecified atom stereocenters. The van der Waals surface area contributed by atoms with Crippen molar-refractivity contribution in [2.24, 2.45) is 11.3 Å². The highest BCUT2D eigenvalue weighted by molar-refractivity contribution is 6.09. The molecule has 0 fully saturated rings. The van der Waals surface area contributed by atoms with Crippen LogP contribution in [-0.2, 0) is 23.9 Å². The number of Topliss-reactive ketones (excluding diaryl/α,β-unsaturated/α-hetero) is 1. The lowest BCUT2D eigenvalue weighted by molar-refractivity contribution is -0.207. The van der Waals surface area contributed by atoms with Crippen LogP contribution in [0.2, 0.25) is 0 Å². The van der Waals surface area contributed by atoms with E-state index in [2.05, 4.69) is 0 Å². The van der Waals surface area contributed by atoms with Gasteiger partial charge in [-0.15, -0.1) is 0 Å². The summed E-state index contributed by atoms with van der Waals surface area (Å²) >= 11 is 0. The molecule has 0 saturated carbocycles. The lowest BCUT2D eigenvalue weighted by Gasteiger charge is -2.42. The van der Waals surface area contributed by atoms with Gasteiger partial charge in [0.05, 0.1) is 5.92 Å². The van der Waals surface area contributed by atoms with Gasteiger partial charge in [0.25, 0.3) is 0 Å². The molecular formula is C17H28O8. The van der Waals surface area contributed by atoms with Crippen molar-refractivity contribution in [1.29, 1.82) is 0 Å². The van der Waals surface area contributed by atoms with E-state index in [1.54, 1.807) is 0 Å². The highest BCUT2D eigenvalue weighted by Crippen LogP contribution is 2.43. The molecule has 0 aliphatic rings. The molecule has 0 amide bonds. The normalized spacial score (nSPS) is 17.1. The van der Waals surface area contributed by atoms with Gasteiger partial charge in [-0.1, -0.05) is 32.6 Å². The highest BCUT2D eigenvalue weighted by atomic mass is 16.5. The number of hydrogen-bond acceptors (Lipinski definition) is 5. The Labute approximate surface area is 147 Å². The van der Waals surface area contributed by atoms with Crippen LogP contribution in [0.15, 0.2) is 0 Å². The van der Waals surface area contributed by atoms with Gasteiger partial charge < -0.3 is 20.1 Å². The molecule has 0 aromatic carbocycles. The Bertz CT molecular complexity index is 515. The molecule has 0 aliphatic heterocycles. The third kappa shape index (κ3) is 4.36. The Morgan fingerprint density at radius 3 is 1.84 bits per heavy atom. The van der Waals surface area contributed by atoms with Gasteiger partial charge in [-0.25, -0.2) is 4.79 Å². The highest BCUT2D eigenvalue weighted by Gasteiger charge is 2.67. The SMILES string of the molecule is CCCCCCCC(=O)C(C)(C(=O)O)C(OC)(C(=O)O)C(C)C(=O)O. The van der Waals surface area contributed by atoms with Crippen LogP contribution in [0.4, 0.5) is 0 Å². The molecule has 25 heavy (non-hydrogen) atoms. The standard InChI is InChI=1S/C17H28O8/c1-5-6-7-8-9-10-12(18)16(3,14(21)22)17(25-4,15(23)24)11(2)13(19)20/h11H,5-10H2,1-4H3,(H,19,20)(H,21,22)(H,23,24). The number of rotatable bonds is 13. The fourth-order valence-electron chi connectivity index (χ4n) is 3.10. The molecule has 0 heterocycles. The van der Waals surface area contributed by atoms with Crippen LogP contribution in [-0.4, -0.2) is 51.7 Å². The molecule has 0 saturated heterocycles. The first-order valence-corrected chi connectivity index (χ1v) is 8.32. The van der Waals surface area contributed by atoms with Gasteiger partial charge in [-0.05, 0) is 20.3 Å². The Balaban J connectivity index is 5.83. The molecule has 0 radical (unpaired) electrons. The second-order valence-corrected chi connectivity index (χ2v) is 6.32. The third-order valence-corrected chi connectivity index (χ3v) is 4.86. The quantitative estimate of drug-likeness (QED) is 0.335. The van der Waals surface area contributed by atoms with E-state index in [9.17, 15) is 34.5 Å². The van der Waals surface area contributed by atoms with Crippen LogP contribution in [0.3, 0.4) is 0 Å². The fraction of sp³-hybridized carbons (Fsp3) is 0.765. The molecule has 0 aromatic heterocycles. The first-order chi connectivity index (χ1) is 11.5. The summed E-state index contributed by atoms with van der Waals surface area (Å²) in [7, 11) is 0.906. The molecule has 0 rings (SSSR count). The number of aliphatic carboxylic acids is 3. The number of carboxylic acid groups (broad SMARTS) is 3. The predicted octanol–water partition coefficient (Wildman–Crippen LogP) is 2.20. The van der Waals surface area contributed by atoms with E-state index in [-0.39, 0.29) is 6.42 Å². The molecule has 144 valence electrons. The minimum Gasteiger partial charge on any atom is -0.481 e. The van der Waals surface area contributed by atoms with E-state index in [4.69, 9.17) is 4.74 Å². The van der Waals surface area contributed by atoms with Crippen molar-refractivity contribution in [3.8, 4) is 0 Å². The third-order valence-electron chi connectivity index (χ3n) is 4.86. The van der Waals surface area contributed by atoms with E-state index in [1.165, 1.54) is 0 Å². The van der Waals surface area contributed by atoms with Gasteiger partial charge in [-0.3, -0.25) is 14.4 Å². The summed E-state index contributed by atoms with van der Waals surface area (Å²) in [6, 6.07) is 0. The predicted molar refractivity (Wildman–Crippen MR) is 88.3 cm³/mol. The van der Waals surface area contributed by atoms with Crippen LogP contribution < -0.4 is 0 Å². The summed E-state index contributed by atoms with van der Waals surface area (Å²) in [5.41, 5.74) is -5.25. The molecule has 3 N–H and O–H groups in total. The molecule has 8 nitrogen and oxygen atoms in total. The van der Waals surface area contributed by atoms with Crippen molar-refractivity contribution >= 4 is 23.7 Å². The zero-order chi connectivity index (χ0) is 19.8. The zero-order valence-corrected chi connectivity index (χ0v) is 15.2. The van der Waals surface area contributed by atoms with Crippen LogP contribution >= 0.6 is 0 Å². The minimum absolute atomic E-state index is 0.156. The first kappa shape index (κ1) is 23.0. The minimum atomic E-state index is -2.72. The number of carbonyl (C=O) groups is 4. The molecule has 0 bridgehead atoms. The van der Waals surface area contributed by atoms with Gasteiger partial charge in [0, 0.05) is 13.5 Å². The van der Waals surface area contributed by atoms with Crippen molar-refractivity contribution in [2.45, 2.75) is 64.9 Å². The van der Waals surface area contributed by atoms with E-state index < -0.39 is 40.6 Å². The van der Waals surface area contributed by atoms with E-state index in [0.29, 0.717) is 12.8 Å². The largest absolute Gasteiger partial charge is 0.481 e.